The second-order valence-corrected chi connectivity index (χ2v) is 3.29. The highest BCUT2D eigenvalue weighted by atomic mass is 16.4. The van der Waals surface area contributed by atoms with Gasteiger partial charge in [-0.1, -0.05) is 6.92 Å². The number of rotatable bonds is 3. The first kappa shape index (κ1) is 10.8. The normalized spacial score (nSPS) is 10.6. The van der Waals surface area contributed by atoms with E-state index in [1.807, 2.05) is 25.5 Å². The number of carbonyl (C=O) groups is 1. The van der Waals surface area contributed by atoms with Crippen LogP contribution in [0.1, 0.15) is 35.9 Å². The predicted octanol–water partition coefficient (Wildman–Crippen LogP) is -0.433. The van der Waals surface area contributed by atoms with E-state index in [9.17, 15) is 9.90 Å². The maximum Gasteiger partial charge on any atom is 0.256 e. The molecule has 0 radical (unpaired) electrons. The van der Waals surface area contributed by atoms with Crippen LogP contribution in [0.2, 0.25) is 0 Å². The lowest BCUT2D eigenvalue weighted by molar-refractivity contribution is -0.704. The fourth-order valence-electron chi connectivity index (χ4n) is 1.88. The Kier molecular flexibility index (Phi) is 2.93. The average molecular weight is 196 g/mol. The van der Waals surface area contributed by atoms with Gasteiger partial charge in [0.15, 0.2) is 5.69 Å². The predicted molar refractivity (Wildman–Crippen MR) is 49.7 cm³/mol. The second kappa shape index (κ2) is 3.82. The molecule has 4 nitrogen and oxygen atoms in total. The van der Waals surface area contributed by atoms with Crippen molar-refractivity contribution >= 4 is 5.97 Å². The van der Waals surface area contributed by atoms with Crippen molar-refractivity contribution in [1.82, 2.24) is 4.57 Å². The van der Waals surface area contributed by atoms with Gasteiger partial charge in [0, 0.05) is 13.3 Å². The molecule has 0 bridgehead atoms. The van der Waals surface area contributed by atoms with Crippen molar-refractivity contribution in [3.63, 3.8) is 0 Å². The zero-order chi connectivity index (χ0) is 10.9. The average Bonchev–Trinajstić information content (AvgIpc) is 2.39. The summed E-state index contributed by atoms with van der Waals surface area (Å²) >= 11 is 0. The van der Waals surface area contributed by atoms with E-state index in [1.165, 1.54) is 0 Å². The Morgan fingerprint density at radius 1 is 1.50 bits per heavy atom. The lowest BCUT2D eigenvalue weighted by atomic mass is 10.3. The van der Waals surface area contributed by atoms with E-state index in [-0.39, 0.29) is 0 Å². The molecule has 0 saturated carbocycles. The lowest BCUT2D eigenvalue weighted by Crippen LogP contribution is -2.45. The maximum absolute atomic E-state index is 10.9. The molecule has 0 fully saturated rings. The molecule has 78 valence electrons. The van der Waals surface area contributed by atoms with E-state index in [4.69, 9.17) is 0 Å². The van der Waals surface area contributed by atoms with Crippen molar-refractivity contribution in [2.24, 2.45) is 7.05 Å². The summed E-state index contributed by atoms with van der Waals surface area (Å²) in [5.74, 6) is -0.0798. The number of hydrogen-bond donors (Lipinski definition) is 0. The molecular weight excluding hydrogens is 180 g/mol. The molecule has 0 aromatic carbocycles. The minimum Gasteiger partial charge on any atom is -0.541 e. The van der Waals surface area contributed by atoms with Crippen LogP contribution in [-0.2, 0) is 20.0 Å². The zero-order valence-electron chi connectivity index (χ0n) is 9.13. The molecule has 1 aromatic heterocycles. The number of imidazole rings is 1. The molecule has 1 heterocycles. The first-order chi connectivity index (χ1) is 6.54. The number of carboxylic acid groups (broad SMARTS) is 1. The molecule has 14 heavy (non-hydrogen) atoms. The van der Waals surface area contributed by atoms with Gasteiger partial charge in [-0.25, -0.2) is 9.13 Å². The van der Waals surface area contributed by atoms with Gasteiger partial charge in [-0.2, -0.15) is 0 Å². The van der Waals surface area contributed by atoms with Crippen LogP contribution in [0.3, 0.4) is 0 Å². The molecule has 0 unspecified atom stereocenters. The summed E-state index contributed by atoms with van der Waals surface area (Å²) < 4.78 is 3.71. The summed E-state index contributed by atoms with van der Waals surface area (Å²) in [4.78, 5) is 10.9. The van der Waals surface area contributed by atoms with Crippen LogP contribution in [0.15, 0.2) is 0 Å². The molecule has 0 aliphatic carbocycles. The van der Waals surface area contributed by atoms with Crippen molar-refractivity contribution in [3.8, 4) is 0 Å². The molecule has 0 atom stereocenters. The molecule has 4 heteroatoms. The van der Waals surface area contributed by atoms with E-state index in [1.54, 1.807) is 11.5 Å². The molecular formula is C10H16N2O2. The van der Waals surface area contributed by atoms with Gasteiger partial charge in [0.2, 0.25) is 0 Å². The quantitative estimate of drug-likeness (QED) is 0.616. The Labute approximate surface area is 83.8 Å². The first-order valence-corrected chi connectivity index (χ1v) is 4.83. The van der Waals surface area contributed by atoms with Crippen LogP contribution in [0.25, 0.3) is 0 Å². The summed E-state index contributed by atoms with van der Waals surface area (Å²) in [6.07, 6.45) is 0.818. The molecule has 1 rings (SSSR count). The van der Waals surface area contributed by atoms with Crippen molar-refractivity contribution < 1.29 is 14.5 Å². The SMILES string of the molecule is CCc1n(C)c(C)c(C(=O)[O-])[n+]1CC. The Bertz CT molecular complexity index is 367. The Morgan fingerprint density at radius 3 is 2.43 bits per heavy atom. The summed E-state index contributed by atoms with van der Waals surface area (Å²) in [5.41, 5.74) is 1.05. The highest BCUT2D eigenvalue weighted by Crippen LogP contribution is 2.07. The van der Waals surface area contributed by atoms with E-state index in [0.29, 0.717) is 12.2 Å². The third-order valence-corrected chi connectivity index (χ3v) is 2.64. The fraction of sp³-hybridized carbons (Fsp3) is 0.600. The van der Waals surface area contributed by atoms with E-state index >= 15 is 0 Å². The molecule has 0 aliphatic heterocycles. The van der Waals surface area contributed by atoms with Crippen LogP contribution in [0, 0.1) is 6.92 Å². The molecule has 0 spiro atoms. The van der Waals surface area contributed by atoms with Crippen molar-refractivity contribution in [3.05, 3.63) is 17.2 Å². The van der Waals surface area contributed by atoms with Gasteiger partial charge in [-0.05, 0) is 6.92 Å². The van der Waals surface area contributed by atoms with Crippen molar-refractivity contribution in [2.75, 3.05) is 0 Å². The largest absolute Gasteiger partial charge is 0.541 e. The van der Waals surface area contributed by atoms with Crippen molar-refractivity contribution in [1.29, 1.82) is 0 Å². The van der Waals surface area contributed by atoms with Gasteiger partial charge in [0.25, 0.3) is 5.82 Å². The number of hydrogen-bond acceptors (Lipinski definition) is 2. The van der Waals surface area contributed by atoms with Crippen molar-refractivity contribution in [2.45, 2.75) is 33.7 Å². The number of aromatic nitrogens is 2. The van der Waals surface area contributed by atoms with Crippen LogP contribution in [0.4, 0.5) is 0 Å². The summed E-state index contributed by atoms with van der Waals surface area (Å²) in [6, 6.07) is 0. The maximum atomic E-state index is 10.9. The summed E-state index contributed by atoms with van der Waals surface area (Å²) in [5, 5.41) is 10.9. The molecule has 1 aromatic rings. The Hall–Kier alpha value is -1.32. The van der Waals surface area contributed by atoms with E-state index in [2.05, 4.69) is 0 Å². The first-order valence-electron chi connectivity index (χ1n) is 4.83. The van der Waals surface area contributed by atoms with Gasteiger partial charge in [-0.3, -0.25) is 0 Å². The van der Waals surface area contributed by atoms with Crippen LogP contribution < -0.4 is 9.67 Å². The highest BCUT2D eigenvalue weighted by molar-refractivity contribution is 5.83. The fourth-order valence-corrected chi connectivity index (χ4v) is 1.88. The number of carbonyl (C=O) groups excluding carboxylic acids is 1. The summed E-state index contributed by atoms with van der Waals surface area (Å²) in [7, 11) is 1.88. The van der Waals surface area contributed by atoms with Crippen LogP contribution >= 0.6 is 0 Å². The van der Waals surface area contributed by atoms with Gasteiger partial charge in [-0.15, -0.1) is 0 Å². The minimum atomic E-state index is -1.10. The molecule has 0 saturated heterocycles. The summed E-state index contributed by atoms with van der Waals surface area (Å²) in [6.45, 7) is 6.41. The van der Waals surface area contributed by atoms with Gasteiger partial charge < -0.3 is 9.90 Å². The molecule has 0 aliphatic rings. The number of carboxylic acids is 1. The number of aromatic carboxylic acids is 1. The topological polar surface area (TPSA) is 48.9 Å². The third kappa shape index (κ3) is 1.41. The van der Waals surface area contributed by atoms with E-state index < -0.39 is 5.97 Å². The number of nitrogens with zero attached hydrogens (tertiary/aromatic N) is 2. The highest BCUT2D eigenvalue weighted by Gasteiger charge is 2.23. The lowest BCUT2D eigenvalue weighted by Gasteiger charge is -2.01. The standard InChI is InChI=1S/C10H16N2O2/c1-5-8-11(4)7(3)9(10(13)14)12(8)6-2/h5-6H2,1-4H3. The third-order valence-electron chi connectivity index (χ3n) is 2.64. The zero-order valence-corrected chi connectivity index (χ0v) is 9.13. The smallest absolute Gasteiger partial charge is 0.256 e. The van der Waals surface area contributed by atoms with Gasteiger partial charge >= 0.3 is 0 Å². The Morgan fingerprint density at radius 2 is 2.07 bits per heavy atom. The molecule has 0 amide bonds. The van der Waals surface area contributed by atoms with Gasteiger partial charge in [0.1, 0.15) is 11.7 Å². The Balaban J connectivity index is 3.48. The monoisotopic (exact) mass is 196 g/mol. The van der Waals surface area contributed by atoms with E-state index in [0.717, 1.165) is 17.9 Å². The molecule has 0 N–H and O–H groups in total. The van der Waals surface area contributed by atoms with Crippen LogP contribution in [-0.4, -0.2) is 10.5 Å². The second-order valence-electron chi connectivity index (χ2n) is 3.29. The minimum absolute atomic E-state index is 0.298. The van der Waals surface area contributed by atoms with Crippen LogP contribution in [0.5, 0.6) is 0 Å². The van der Waals surface area contributed by atoms with Gasteiger partial charge in [0.05, 0.1) is 13.6 Å².